The van der Waals surface area contributed by atoms with E-state index in [0.717, 1.165) is 0 Å². The number of amides is 1. The van der Waals surface area contributed by atoms with Crippen LogP contribution in [-0.4, -0.2) is 49.6 Å². The van der Waals surface area contributed by atoms with E-state index < -0.39 is 0 Å². The van der Waals surface area contributed by atoms with Gasteiger partial charge in [-0.25, -0.2) is 5.10 Å². The number of H-pyrrole nitrogens is 1. The molecule has 1 amide bonds. The smallest absolute Gasteiger partial charge is 0.271 e. The Kier molecular flexibility index (Phi) is 5.91. The maximum Gasteiger partial charge on any atom is 0.271 e. The van der Waals surface area contributed by atoms with Crippen molar-refractivity contribution in [3.05, 3.63) is 28.2 Å². The predicted octanol–water partition coefficient (Wildman–Crippen LogP) is -0.837. The van der Waals surface area contributed by atoms with Crippen molar-refractivity contribution in [3.63, 3.8) is 0 Å². The van der Waals surface area contributed by atoms with Gasteiger partial charge in [0, 0.05) is 19.7 Å². The number of nitrogens with one attached hydrogen (secondary N) is 2. The first-order chi connectivity index (χ1) is 8.24. The van der Waals surface area contributed by atoms with Crippen molar-refractivity contribution in [3.8, 4) is 0 Å². The van der Waals surface area contributed by atoms with E-state index >= 15 is 0 Å². The highest BCUT2D eigenvalue weighted by molar-refractivity contribution is 5.91. The van der Waals surface area contributed by atoms with Gasteiger partial charge in [0.2, 0.25) is 0 Å². The fraction of sp³-hybridized carbons (Fsp3) is 0.500. The molecule has 0 aliphatic rings. The number of hydrogen-bond donors (Lipinski definition) is 2. The highest BCUT2D eigenvalue weighted by Gasteiger charge is 2.05. The lowest BCUT2D eigenvalue weighted by molar-refractivity contribution is 0.0691. The summed E-state index contributed by atoms with van der Waals surface area (Å²) in [4.78, 5) is 22.2. The Bertz CT molecular complexity index is 384. The summed E-state index contributed by atoms with van der Waals surface area (Å²) < 4.78 is 9.96. The molecule has 0 fully saturated rings. The minimum Gasteiger partial charge on any atom is -0.382 e. The Morgan fingerprint density at radius 3 is 2.88 bits per heavy atom. The molecule has 2 N–H and O–H groups in total. The van der Waals surface area contributed by atoms with Gasteiger partial charge in [0.15, 0.2) is 0 Å². The molecule has 17 heavy (non-hydrogen) atoms. The Balaban J connectivity index is 2.21. The molecule has 1 aromatic heterocycles. The first-order valence-electron chi connectivity index (χ1n) is 5.14. The van der Waals surface area contributed by atoms with Crippen molar-refractivity contribution >= 4 is 5.91 Å². The van der Waals surface area contributed by atoms with Crippen LogP contribution in [0.3, 0.4) is 0 Å². The molecule has 1 aromatic rings. The van der Waals surface area contributed by atoms with E-state index in [4.69, 9.17) is 9.47 Å². The lowest BCUT2D eigenvalue weighted by Gasteiger charge is -2.05. The topological polar surface area (TPSA) is 93.3 Å². The van der Waals surface area contributed by atoms with Crippen molar-refractivity contribution in [1.82, 2.24) is 15.5 Å². The van der Waals surface area contributed by atoms with Gasteiger partial charge in [-0.2, -0.15) is 5.10 Å². The van der Waals surface area contributed by atoms with Crippen LogP contribution in [0.1, 0.15) is 10.5 Å². The van der Waals surface area contributed by atoms with Crippen molar-refractivity contribution in [2.75, 3.05) is 33.5 Å². The Morgan fingerprint density at radius 1 is 1.41 bits per heavy atom. The molecule has 0 aliphatic heterocycles. The minimum absolute atomic E-state index is 0.168. The number of rotatable bonds is 7. The third kappa shape index (κ3) is 5.23. The number of carbonyl (C=O) groups excluding carboxylic acids is 1. The van der Waals surface area contributed by atoms with Gasteiger partial charge in [0.05, 0.1) is 19.8 Å². The lowest BCUT2D eigenvalue weighted by atomic mass is 10.3. The van der Waals surface area contributed by atoms with Crippen LogP contribution in [0.5, 0.6) is 0 Å². The molecule has 0 saturated heterocycles. The normalized spacial score (nSPS) is 10.2. The van der Waals surface area contributed by atoms with Crippen molar-refractivity contribution < 1.29 is 14.3 Å². The van der Waals surface area contributed by atoms with Gasteiger partial charge in [0.1, 0.15) is 5.69 Å². The molecule has 7 nitrogen and oxygen atoms in total. The first kappa shape index (κ1) is 13.3. The number of ether oxygens (including phenoxy) is 2. The molecule has 0 bridgehead atoms. The van der Waals surface area contributed by atoms with E-state index in [2.05, 4.69) is 15.5 Å². The molecule has 0 aliphatic carbocycles. The molecule has 1 rings (SSSR count). The quantitative estimate of drug-likeness (QED) is 0.607. The second-order valence-electron chi connectivity index (χ2n) is 3.17. The van der Waals surface area contributed by atoms with E-state index in [0.29, 0.717) is 26.4 Å². The van der Waals surface area contributed by atoms with Crippen molar-refractivity contribution in [2.24, 2.45) is 0 Å². The van der Waals surface area contributed by atoms with Crippen LogP contribution in [0.4, 0.5) is 0 Å². The van der Waals surface area contributed by atoms with E-state index in [1.807, 2.05) is 0 Å². The zero-order chi connectivity index (χ0) is 12.5. The largest absolute Gasteiger partial charge is 0.382 e. The van der Waals surface area contributed by atoms with Gasteiger partial charge in [0.25, 0.3) is 11.5 Å². The standard InChI is InChI=1S/C10H15N3O4/c1-16-6-7-17-5-4-11-10(15)8-2-3-9(14)13-12-8/h2-3H,4-7H2,1H3,(H,11,15)(H,13,14). The van der Waals surface area contributed by atoms with E-state index in [-0.39, 0.29) is 17.2 Å². The number of hydrogen-bond acceptors (Lipinski definition) is 5. The zero-order valence-corrected chi connectivity index (χ0v) is 9.56. The van der Waals surface area contributed by atoms with Crippen LogP contribution in [0.25, 0.3) is 0 Å². The van der Waals surface area contributed by atoms with E-state index in [1.165, 1.54) is 12.1 Å². The molecule has 7 heteroatoms. The zero-order valence-electron chi connectivity index (χ0n) is 9.56. The fourth-order valence-electron chi connectivity index (χ4n) is 1.04. The summed E-state index contributed by atoms with van der Waals surface area (Å²) >= 11 is 0. The average molecular weight is 241 g/mol. The Morgan fingerprint density at radius 2 is 2.24 bits per heavy atom. The summed E-state index contributed by atoms with van der Waals surface area (Å²) in [7, 11) is 1.59. The molecule has 0 aromatic carbocycles. The summed E-state index contributed by atoms with van der Waals surface area (Å²) in [5.74, 6) is -0.350. The Hall–Kier alpha value is -1.73. The van der Waals surface area contributed by atoms with Gasteiger partial charge in [-0.1, -0.05) is 0 Å². The van der Waals surface area contributed by atoms with Crippen LogP contribution < -0.4 is 10.9 Å². The molecule has 0 unspecified atom stereocenters. The van der Waals surface area contributed by atoms with Gasteiger partial charge in [-0.05, 0) is 6.07 Å². The maximum absolute atomic E-state index is 11.5. The minimum atomic E-state index is -0.350. The summed E-state index contributed by atoms with van der Waals surface area (Å²) in [5.41, 5.74) is -0.175. The van der Waals surface area contributed by atoms with Crippen LogP contribution >= 0.6 is 0 Å². The van der Waals surface area contributed by atoms with Gasteiger partial charge >= 0.3 is 0 Å². The lowest BCUT2D eigenvalue weighted by Crippen LogP contribution is -2.29. The summed E-state index contributed by atoms with van der Waals surface area (Å²) in [6.07, 6.45) is 0. The molecule has 94 valence electrons. The van der Waals surface area contributed by atoms with Gasteiger partial charge in [-0.3, -0.25) is 9.59 Å². The molecule has 0 atom stereocenters. The number of nitrogens with zero attached hydrogens (tertiary/aromatic N) is 1. The second-order valence-corrected chi connectivity index (χ2v) is 3.17. The average Bonchev–Trinajstić information content (AvgIpc) is 2.34. The number of aromatic nitrogens is 2. The molecule has 0 saturated carbocycles. The highest BCUT2D eigenvalue weighted by atomic mass is 16.5. The van der Waals surface area contributed by atoms with Crippen molar-refractivity contribution in [2.45, 2.75) is 0 Å². The van der Waals surface area contributed by atoms with Crippen LogP contribution in [0.2, 0.25) is 0 Å². The van der Waals surface area contributed by atoms with Crippen LogP contribution in [0, 0.1) is 0 Å². The maximum atomic E-state index is 11.5. The van der Waals surface area contributed by atoms with E-state index in [1.54, 1.807) is 7.11 Å². The molecule has 1 heterocycles. The highest BCUT2D eigenvalue weighted by Crippen LogP contribution is 1.87. The summed E-state index contributed by atoms with van der Waals surface area (Å²) in [6.45, 7) is 1.79. The molecular formula is C10H15N3O4. The monoisotopic (exact) mass is 241 g/mol. The number of carbonyl (C=O) groups is 1. The predicted molar refractivity (Wildman–Crippen MR) is 59.9 cm³/mol. The van der Waals surface area contributed by atoms with Crippen LogP contribution in [-0.2, 0) is 9.47 Å². The summed E-state index contributed by atoms with van der Waals surface area (Å²) in [6, 6.07) is 2.61. The van der Waals surface area contributed by atoms with Gasteiger partial charge in [-0.15, -0.1) is 0 Å². The number of methoxy groups -OCH3 is 1. The Labute approximate surface area is 98.1 Å². The van der Waals surface area contributed by atoms with Crippen molar-refractivity contribution in [1.29, 1.82) is 0 Å². The van der Waals surface area contributed by atoms with Gasteiger partial charge < -0.3 is 14.8 Å². The second kappa shape index (κ2) is 7.53. The third-order valence-corrected chi connectivity index (χ3v) is 1.88. The third-order valence-electron chi connectivity index (χ3n) is 1.88. The fourth-order valence-corrected chi connectivity index (χ4v) is 1.04. The number of aromatic amines is 1. The van der Waals surface area contributed by atoms with E-state index in [9.17, 15) is 9.59 Å². The molecule has 0 radical (unpaired) electrons. The molecular weight excluding hydrogens is 226 g/mol. The SMILES string of the molecule is COCCOCCNC(=O)c1ccc(=O)[nH]n1. The summed E-state index contributed by atoms with van der Waals surface area (Å²) in [5, 5.41) is 8.39. The van der Waals surface area contributed by atoms with Crippen LogP contribution in [0.15, 0.2) is 16.9 Å². The molecule has 0 spiro atoms. The first-order valence-corrected chi connectivity index (χ1v) is 5.14.